The average molecular weight is 556 g/mol. The van der Waals surface area contributed by atoms with Gasteiger partial charge in [-0.1, -0.05) is 36.4 Å². The summed E-state index contributed by atoms with van der Waals surface area (Å²) in [5, 5.41) is 14.2. The lowest BCUT2D eigenvalue weighted by Crippen LogP contribution is -2.31. The topological polar surface area (TPSA) is 116 Å². The molecule has 2 N–H and O–H groups in total. The van der Waals surface area contributed by atoms with Gasteiger partial charge >= 0.3 is 5.97 Å². The van der Waals surface area contributed by atoms with Crippen LogP contribution in [0.5, 0.6) is 0 Å². The van der Waals surface area contributed by atoms with Crippen LogP contribution in [-0.2, 0) is 19.1 Å². The van der Waals surface area contributed by atoms with E-state index in [4.69, 9.17) is 4.74 Å². The van der Waals surface area contributed by atoms with Crippen LogP contribution in [0.15, 0.2) is 66.7 Å². The van der Waals surface area contributed by atoms with Gasteiger partial charge in [-0.05, 0) is 53.9 Å². The maximum atomic E-state index is 12.9. The quantitative estimate of drug-likeness (QED) is 0.176. The number of β-amino-alcohol motifs (C(OH)–C–C–N with tert-alkyl or cyclic N) is 1. The number of ether oxygens (including phenoxy) is 1. The monoisotopic (exact) mass is 555 g/mol. The van der Waals surface area contributed by atoms with E-state index in [0.29, 0.717) is 39.3 Å². The number of hydrogen-bond acceptors (Lipinski definition) is 7. The van der Waals surface area contributed by atoms with Crippen LogP contribution in [0.3, 0.4) is 0 Å². The van der Waals surface area contributed by atoms with Crippen LogP contribution in [0.2, 0.25) is 0 Å². The Morgan fingerprint density at radius 1 is 1.02 bits per heavy atom. The molecule has 9 nitrogen and oxygen atoms in total. The number of carbonyl (C=O) groups excluding carboxylic acids is 4. The summed E-state index contributed by atoms with van der Waals surface area (Å²) in [7, 11) is 4.60. The molecule has 1 aliphatic heterocycles. The Morgan fingerprint density at radius 2 is 1.76 bits per heavy atom. The molecule has 9 heteroatoms. The van der Waals surface area contributed by atoms with Crippen LogP contribution in [0.4, 0.5) is 11.4 Å². The smallest absolute Gasteiger partial charge is 0.337 e. The Bertz CT molecular complexity index is 1510. The highest BCUT2D eigenvalue weighted by Gasteiger charge is 2.31. The number of hydrogen-bond donors (Lipinski definition) is 2. The Labute approximate surface area is 239 Å². The lowest BCUT2D eigenvalue weighted by molar-refractivity contribution is -0.131. The fourth-order valence-corrected chi connectivity index (χ4v) is 4.84. The molecule has 0 fully saturated rings. The molecule has 1 aliphatic rings. The summed E-state index contributed by atoms with van der Waals surface area (Å²) in [5.41, 5.74) is 5.19. The molecular weight excluding hydrogens is 522 g/mol. The molecule has 1 heterocycles. The summed E-state index contributed by atoms with van der Waals surface area (Å²) < 4.78 is 4.82. The molecule has 3 aromatic rings. The molecule has 212 valence electrons. The number of benzene rings is 3. The van der Waals surface area contributed by atoms with Gasteiger partial charge in [-0.2, -0.15) is 0 Å². The maximum Gasteiger partial charge on any atom is 0.337 e. The number of methoxy groups -OCH3 is 1. The average Bonchev–Trinajstić information content (AvgIpc) is 3.31. The van der Waals surface area contributed by atoms with Crippen molar-refractivity contribution in [1.82, 2.24) is 4.90 Å². The minimum atomic E-state index is -0.900. The van der Waals surface area contributed by atoms with E-state index in [1.807, 2.05) is 37.3 Å². The Balaban J connectivity index is 1.70. The second kappa shape index (κ2) is 12.6. The van der Waals surface area contributed by atoms with Crippen molar-refractivity contribution in [3.05, 3.63) is 94.5 Å². The highest BCUT2D eigenvalue weighted by molar-refractivity contribution is 6.19. The van der Waals surface area contributed by atoms with Crippen molar-refractivity contribution in [3.8, 4) is 0 Å². The number of amides is 2. The van der Waals surface area contributed by atoms with Crippen molar-refractivity contribution < 1.29 is 29.0 Å². The number of anilines is 2. The number of aryl methyl sites for hydroxylation is 1. The van der Waals surface area contributed by atoms with Crippen LogP contribution < -0.4 is 10.2 Å². The predicted octanol–water partition coefficient (Wildman–Crippen LogP) is 4.21. The third kappa shape index (κ3) is 6.36. The van der Waals surface area contributed by atoms with Gasteiger partial charge in [0, 0.05) is 49.4 Å². The zero-order valence-electron chi connectivity index (χ0n) is 23.5. The molecule has 0 aliphatic carbocycles. The molecule has 0 radical (unpaired) electrons. The minimum absolute atomic E-state index is 0.0425. The van der Waals surface area contributed by atoms with Gasteiger partial charge in [0.2, 0.25) is 11.8 Å². The molecule has 41 heavy (non-hydrogen) atoms. The van der Waals surface area contributed by atoms with E-state index >= 15 is 0 Å². The molecule has 0 bridgehead atoms. The van der Waals surface area contributed by atoms with E-state index in [1.54, 1.807) is 50.5 Å². The van der Waals surface area contributed by atoms with E-state index in [2.05, 4.69) is 5.32 Å². The third-order valence-corrected chi connectivity index (χ3v) is 7.04. The molecule has 1 atom stereocenters. The number of carbonyl (C=O) groups is 4. The van der Waals surface area contributed by atoms with Crippen LogP contribution >= 0.6 is 0 Å². The van der Waals surface area contributed by atoms with Crippen molar-refractivity contribution in [2.24, 2.45) is 0 Å². The van der Waals surface area contributed by atoms with E-state index in [0.717, 1.165) is 17.4 Å². The first-order valence-corrected chi connectivity index (χ1v) is 13.2. The number of esters is 1. The fraction of sp³-hybridized carbons (Fsp3) is 0.250. The van der Waals surface area contributed by atoms with Gasteiger partial charge in [-0.25, -0.2) is 4.79 Å². The van der Waals surface area contributed by atoms with E-state index in [9.17, 15) is 24.3 Å². The molecule has 0 saturated carbocycles. The SMILES string of the molecule is COC(=O)c1ccc(/C(C=O)=C(/Nc2ccc3c(c2)C(O)CN3C(=O)CCC(=O)N(C)C)c2ccccc2)c(C)c1. The minimum Gasteiger partial charge on any atom is -0.465 e. The second-order valence-corrected chi connectivity index (χ2v) is 10.0. The summed E-state index contributed by atoms with van der Waals surface area (Å²) in [6.07, 6.45) is 0.00395. The Kier molecular flexibility index (Phi) is 8.99. The van der Waals surface area contributed by atoms with Crippen molar-refractivity contribution in [1.29, 1.82) is 0 Å². The van der Waals surface area contributed by atoms with Crippen molar-refractivity contribution in [2.45, 2.75) is 25.9 Å². The summed E-state index contributed by atoms with van der Waals surface area (Å²) in [6, 6.07) is 19.7. The van der Waals surface area contributed by atoms with E-state index in [1.165, 1.54) is 16.9 Å². The first kappa shape index (κ1) is 29.2. The van der Waals surface area contributed by atoms with Crippen LogP contribution in [0, 0.1) is 6.92 Å². The molecule has 0 saturated heterocycles. The maximum absolute atomic E-state index is 12.9. The van der Waals surface area contributed by atoms with Gasteiger partial charge in [-0.15, -0.1) is 0 Å². The van der Waals surface area contributed by atoms with Gasteiger partial charge in [-0.3, -0.25) is 14.4 Å². The first-order chi connectivity index (χ1) is 19.6. The molecule has 2 amide bonds. The summed E-state index contributed by atoms with van der Waals surface area (Å²) in [5.74, 6) is -0.844. The van der Waals surface area contributed by atoms with Crippen molar-refractivity contribution >= 4 is 46.7 Å². The standard InChI is InChI=1S/C32H33N3O6/c1-20-16-22(32(40)41-4)10-12-24(20)26(19-36)31(21-8-6-5-7-9-21)33-23-11-13-27-25(17-23)28(37)18-35(27)30(39)15-14-29(38)34(2)3/h5-13,16-17,19,28,33,37H,14-15,18H2,1-4H3/b31-26+. The number of aliphatic hydroxyl groups excluding tert-OH is 1. The molecule has 4 rings (SSSR count). The van der Waals surface area contributed by atoms with Crippen LogP contribution in [0.1, 0.15) is 51.6 Å². The van der Waals surface area contributed by atoms with E-state index in [-0.39, 0.29) is 31.2 Å². The lowest BCUT2D eigenvalue weighted by Gasteiger charge is -2.19. The summed E-state index contributed by atoms with van der Waals surface area (Å²) in [6.45, 7) is 1.91. The van der Waals surface area contributed by atoms with Gasteiger partial charge in [0.25, 0.3) is 0 Å². The predicted molar refractivity (Wildman–Crippen MR) is 157 cm³/mol. The molecular formula is C32H33N3O6. The lowest BCUT2D eigenvalue weighted by atomic mass is 9.95. The highest BCUT2D eigenvalue weighted by atomic mass is 16.5. The van der Waals surface area contributed by atoms with Crippen molar-refractivity contribution in [3.63, 3.8) is 0 Å². The Morgan fingerprint density at radius 3 is 2.39 bits per heavy atom. The highest BCUT2D eigenvalue weighted by Crippen LogP contribution is 2.38. The summed E-state index contributed by atoms with van der Waals surface area (Å²) >= 11 is 0. The molecule has 1 unspecified atom stereocenters. The zero-order valence-corrected chi connectivity index (χ0v) is 23.5. The number of nitrogens with zero attached hydrogens (tertiary/aromatic N) is 2. The van der Waals surface area contributed by atoms with Gasteiger partial charge in [0.15, 0.2) is 6.29 Å². The molecule has 3 aromatic carbocycles. The number of aliphatic hydroxyl groups is 1. The zero-order chi connectivity index (χ0) is 29.7. The first-order valence-electron chi connectivity index (χ1n) is 13.2. The third-order valence-electron chi connectivity index (χ3n) is 7.04. The molecule has 0 spiro atoms. The fourth-order valence-electron chi connectivity index (χ4n) is 4.84. The van der Waals surface area contributed by atoms with Gasteiger partial charge in [0.1, 0.15) is 0 Å². The van der Waals surface area contributed by atoms with Gasteiger partial charge < -0.3 is 25.0 Å². The summed E-state index contributed by atoms with van der Waals surface area (Å²) in [4.78, 5) is 52.3. The van der Waals surface area contributed by atoms with E-state index < -0.39 is 12.1 Å². The number of aldehydes is 1. The second-order valence-electron chi connectivity index (χ2n) is 10.0. The number of fused-ring (bicyclic) bond motifs is 1. The number of rotatable bonds is 9. The van der Waals surface area contributed by atoms with Crippen LogP contribution in [0.25, 0.3) is 11.3 Å². The normalized spacial score (nSPS) is 14.6. The molecule has 0 aromatic heterocycles. The number of allylic oxidation sites excluding steroid dienone is 1. The largest absolute Gasteiger partial charge is 0.465 e. The Hall–Kier alpha value is -4.76. The van der Waals surface area contributed by atoms with Crippen molar-refractivity contribution in [2.75, 3.05) is 38.0 Å². The van der Waals surface area contributed by atoms with Gasteiger partial charge in [0.05, 0.1) is 31.0 Å². The van der Waals surface area contributed by atoms with Crippen LogP contribution in [-0.4, -0.2) is 61.8 Å². The number of nitrogens with one attached hydrogen (secondary N) is 1.